The van der Waals surface area contributed by atoms with E-state index >= 15 is 0 Å². The molecule has 128 valence electrons. The number of anilines is 1. The van der Waals surface area contributed by atoms with Gasteiger partial charge < -0.3 is 10.4 Å². The van der Waals surface area contributed by atoms with Gasteiger partial charge in [0.15, 0.2) is 5.69 Å². The van der Waals surface area contributed by atoms with Crippen LogP contribution in [0.25, 0.3) is 0 Å². The number of hydrogen-bond acceptors (Lipinski definition) is 4. The molecular weight excluding hydrogens is 324 g/mol. The van der Waals surface area contributed by atoms with Crippen molar-refractivity contribution in [1.29, 1.82) is 0 Å². The van der Waals surface area contributed by atoms with Gasteiger partial charge in [0.1, 0.15) is 12.2 Å². The number of aryl methyl sites for hydroxylation is 1. The number of hydrogen-bond donors (Lipinski definition) is 2. The molecule has 2 heterocycles. The molecule has 0 atom stereocenters. The molecule has 1 amide bonds. The molecule has 2 N–H and O–H groups in total. The third kappa shape index (κ3) is 3.12. The number of alkyl halides is 2. The second kappa shape index (κ2) is 6.02. The van der Waals surface area contributed by atoms with E-state index in [0.717, 1.165) is 17.5 Å². The van der Waals surface area contributed by atoms with Gasteiger partial charge in [-0.2, -0.15) is 10.2 Å². The minimum absolute atomic E-state index is 0.0456. The molecule has 3 rings (SSSR count). The van der Waals surface area contributed by atoms with Crippen molar-refractivity contribution in [3.8, 4) is 0 Å². The third-order valence-corrected chi connectivity index (χ3v) is 3.76. The number of carboxylic acids is 1. The molecule has 24 heavy (non-hydrogen) atoms. The number of nitrogens with zero attached hydrogens (tertiary/aromatic N) is 4. The summed E-state index contributed by atoms with van der Waals surface area (Å²) in [6.45, 7) is -0.271. The van der Waals surface area contributed by atoms with Crippen LogP contribution in [-0.4, -0.2) is 36.5 Å². The van der Waals surface area contributed by atoms with Crippen molar-refractivity contribution in [2.24, 2.45) is 7.05 Å². The lowest BCUT2D eigenvalue weighted by Crippen LogP contribution is -2.22. The number of carboxylic acid groups (broad SMARTS) is 1. The summed E-state index contributed by atoms with van der Waals surface area (Å²) in [5.74, 6) is -1.65. The summed E-state index contributed by atoms with van der Waals surface area (Å²) in [5, 5.41) is 19.1. The van der Waals surface area contributed by atoms with Gasteiger partial charge in [0.05, 0.1) is 11.9 Å². The van der Waals surface area contributed by atoms with Gasteiger partial charge in [-0.3, -0.25) is 14.2 Å². The van der Waals surface area contributed by atoms with Crippen LogP contribution in [0, 0.1) is 0 Å². The quantitative estimate of drug-likeness (QED) is 0.835. The lowest BCUT2D eigenvalue weighted by Gasteiger charge is -2.07. The van der Waals surface area contributed by atoms with Crippen LogP contribution >= 0.6 is 0 Å². The monoisotopic (exact) mass is 339 g/mol. The molecule has 2 aromatic heterocycles. The molecular formula is C14H15F2N5O3. The Kier molecular flexibility index (Phi) is 4.04. The Hall–Kier alpha value is -2.78. The highest BCUT2D eigenvalue weighted by molar-refractivity contribution is 5.99. The van der Waals surface area contributed by atoms with Gasteiger partial charge in [0.25, 0.3) is 6.43 Å². The molecule has 0 aliphatic heterocycles. The Balaban J connectivity index is 1.77. The van der Waals surface area contributed by atoms with E-state index in [4.69, 9.17) is 5.11 Å². The highest BCUT2D eigenvalue weighted by atomic mass is 19.3. The highest BCUT2D eigenvalue weighted by Crippen LogP contribution is 2.41. The molecule has 2 aromatic rings. The minimum Gasteiger partial charge on any atom is -0.476 e. The number of rotatable bonds is 6. The van der Waals surface area contributed by atoms with Crippen molar-refractivity contribution in [3.05, 3.63) is 29.3 Å². The van der Waals surface area contributed by atoms with E-state index in [-0.39, 0.29) is 29.5 Å². The van der Waals surface area contributed by atoms with E-state index in [2.05, 4.69) is 15.5 Å². The molecule has 1 fully saturated rings. The molecule has 0 radical (unpaired) electrons. The summed E-state index contributed by atoms with van der Waals surface area (Å²) >= 11 is 0. The Morgan fingerprint density at radius 2 is 2.17 bits per heavy atom. The summed E-state index contributed by atoms with van der Waals surface area (Å²) < 4.78 is 28.0. The summed E-state index contributed by atoms with van der Waals surface area (Å²) in [4.78, 5) is 23.3. The zero-order valence-corrected chi connectivity index (χ0v) is 12.7. The number of carbonyl (C=O) groups excluding carboxylic acids is 1. The number of aromatic nitrogens is 4. The van der Waals surface area contributed by atoms with Gasteiger partial charge in [-0.05, 0) is 18.9 Å². The first-order chi connectivity index (χ1) is 11.4. The Labute approximate surface area is 135 Å². The van der Waals surface area contributed by atoms with E-state index in [1.54, 1.807) is 0 Å². The van der Waals surface area contributed by atoms with Crippen LogP contribution in [0.1, 0.15) is 47.1 Å². The maximum atomic E-state index is 12.8. The van der Waals surface area contributed by atoms with Crippen molar-refractivity contribution < 1.29 is 23.5 Å². The summed E-state index contributed by atoms with van der Waals surface area (Å²) in [5.41, 5.74) is 0.117. The smallest absolute Gasteiger partial charge is 0.356 e. The van der Waals surface area contributed by atoms with Crippen molar-refractivity contribution in [3.63, 3.8) is 0 Å². The first kappa shape index (κ1) is 16.1. The Bertz CT molecular complexity index is 794. The summed E-state index contributed by atoms with van der Waals surface area (Å²) in [7, 11) is 1.44. The average Bonchev–Trinajstić information content (AvgIpc) is 3.15. The van der Waals surface area contributed by atoms with Gasteiger partial charge in [-0.1, -0.05) is 0 Å². The fraction of sp³-hybridized carbons (Fsp3) is 0.429. The second-order valence-electron chi connectivity index (χ2n) is 5.61. The predicted molar refractivity (Wildman–Crippen MR) is 78.0 cm³/mol. The fourth-order valence-electron chi connectivity index (χ4n) is 2.50. The topological polar surface area (TPSA) is 102 Å². The van der Waals surface area contributed by atoms with E-state index in [9.17, 15) is 18.4 Å². The van der Waals surface area contributed by atoms with Crippen LogP contribution in [0.5, 0.6) is 0 Å². The normalized spacial score (nSPS) is 14.2. The third-order valence-electron chi connectivity index (χ3n) is 3.76. The van der Waals surface area contributed by atoms with Crippen molar-refractivity contribution in [2.45, 2.75) is 31.7 Å². The lowest BCUT2D eigenvalue weighted by molar-refractivity contribution is -0.117. The summed E-state index contributed by atoms with van der Waals surface area (Å²) in [6, 6.07) is 1.32. The minimum atomic E-state index is -2.70. The Morgan fingerprint density at radius 3 is 2.75 bits per heavy atom. The van der Waals surface area contributed by atoms with Gasteiger partial charge in [-0.15, -0.1) is 0 Å². The molecule has 0 unspecified atom stereocenters. The molecule has 0 spiro atoms. The fourth-order valence-corrected chi connectivity index (χ4v) is 2.50. The van der Waals surface area contributed by atoms with Crippen LogP contribution in [-0.2, 0) is 18.4 Å². The Morgan fingerprint density at radius 1 is 1.46 bits per heavy atom. The zero-order chi connectivity index (χ0) is 17.4. The van der Waals surface area contributed by atoms with Crippen molar-refractivity contribution in [2.75, 3.05) is 5.32 Å². The maximum Gasteiger partial charge on any atom is 0.356 e. The first-order valence-corrected chi connectivity index (χ1v) is 7.27. The highest BCUT2D eigenvalue weighted by Gasteiger charge is 2.30. The van der Waals surface area contributed by atoms with Gasteiger partial charge in [0.2, 0.25) is 5.91 Å². The molecule has 0 aromatic carbocycles. The largest absolute Gasteiger partial charge is 0.476 e. The predicted octanol–water partition coefficient (Wildman–Crippen LogP) is 1.77. The lowest BCUT2D eigenvalue weighted by atomic mass is 10.2. The van der Waals surface area contributed by atoms with Crippen molar-refractivity contribution in [1.82, 2.24) is 19.6 Å². The molecule has 10 heteroatoms. The molecule has 0 saturated heterocycles. The van der Waals surface area contributed by atoms with Gasteiger partial charge in [-0.25, -0.2) is 13.6 Å². The van der Waals surface area contributed by atoms with E-state index in [1.165, 1.54) is 24.0 Å². The standard InChI is InChI=1S/C14H15F2N5O3/c1-20-12(14(23)24)9(5-17-20)18-11(22)6-21-10(7-2-3-7)4-8(19-21)13(15)16/h4-5,7,13H,2-3,6H2,1H3,(H,18,22)(H,23,24). The van der Waals surface area contributed by atoms with E-state index < -0.39 is 18.3 Å². The zero-order valence-electron chi connectivity index (χ0n) is 12.7. The number of amides is 1. The van der Waals surface area contributed by atoms with E-state index in [0.29, 0.717) is 5.69 Å². The molecule has 0 bridgehead atoms. The molecule has 1 aliphatic carbocycles. The number of nitrogens with one attached hydrogen (secondary N) is 1. The van der Waals surface area contributed by atoms with E-state index in [1.807, 2.05) is 0 Å². The molecule has 8 nitrogen and oxygen atoms in total. The number of halogens is 2. The summed E-state index contributed by atoms with van der Waals surface area (Å²) in [6.07, 6.45) is 0.268. The number of carbonyl (C=O) groups is 2. The van der Waals surface area contributed by atoms with Crippen LogP contribution in [0.4, 0.5) is 14.5 Å². The second-order valence-corrected chi connectivity index (χ2v) is 5.61. The van der Waals surface area contributed by atoms with Crippen LogP contribution in [0.2, 0.25) is 0 Å². The van der Waals surface area contributed by atoms with Crippen LogP contribution in [0.15, 0.2) is 12.3 Å². The number of aromatic carboxylic acids is 1. The first-order valence-electron chi connectivity index (χ1n) is 7.27. The SMILES string of the molecule is Cn1ncc(NC(=O)Cn2nc(C(F)F)cc2C2CC2)c1C(=O)O. The molecule has 1 saturated carbocycles. The van der Waals surface area contributed by atoms with Crippen LogP contribution in [0.3, 0.4) is 0 Å². The van der Waals surface area contributed by atoms with Crippen LogP contribution < -0.4 is 5.32 Å². The molecule has 1 aliphatic rings. The average molecular weight is 339 g/mol. The van der Waals surface area contributed by atoms with Gasteiger partial charge in [0, 0.05) is 18.7 Å². The van der Waals surface area contributed by atoms with Crippen molar-refractivity contribution >= 4 is 17.6 Å². The van der Waals surface area contributed by atoms with Gasteiger partial charge >= 0.3 is 5.97 Å². The maximum absolute atomic E-state index is 12.8.